The fraction of sp³-hybridized carbons (Fsp3) is 0.591. The Balaban J connectivity index is 0.00000210. The molecule has 1 unspecified atom stereocenters. The van der Waals surface area contributed by atoms with Gasteiger partial charge in [0.15, 0.2) is 0 Å². The number of hydrogen-bond donors (Lipinski definition) is 1. The van der Waals surface area contributed by atoms with E-state index in [1.165, 1.54) is 46.5 Å². The van der Waals surface area contributed by atoms with E-state index in [9.17, 15) is 5.26 Å². The predicted octanol–water partition coefficient (Wildman–Crippen LogP) is 5.75. The summed E-state index contributed by atoms with van der Waals surface area (Å²) in [5.74, 6) is 2.26. The molecule has 1 aromatic carbocycles. The summed E-state index contributed by atoms with van der Waals surface area (Å²) in [4.78, 5) is 6.41. The quantitative estimate of drug-likeness (QED) is 0.624. The molecular weight excluding hydrogens is 374 g/mol. The lowest BCUT2D eigenvalue weighted by molar-refractivity contribution is 0.0857. The van der Waals surface area contributed by atoms with Crippen molar-refractivity contribution in [1.82, 2.24) is 9.88 Å². The summed E-state index contributed by atoms with van der Waals surface area (Å²) in [6, 6.07) is 9.83. The van der Waals surface area contributed by atoms with Crippen molar-refractivity contribution in [2.24, 2.45) is 5.92 Å². The minimum absolute atomic E-state index is 0. The first-order chi connectivity index (χ1) is 12.8. The van der Waals surface area contributed by atoms with E-state index < -0.39 is 0 Å². The molecule has 1 aliphatic heterocycles. The number of aromatic nitrogens is 1. The molecule has 1 aliphatic carbocycles. The highest BCUT2D eigenvalue weighted by molar-refractivity contribution is 7.99. The van der Waals surface area contributed by atoms with Gasteiger partial charge >= 0.3 is 0 Å². The van der Waals surface area contributed by atoms with Gasteiger partial charge in [0, 0.05) is 35.8 Å². The van der Waals surface area contributed by atoms with Gasteiger partial charge in [-0.15, -0.1) is 24.2 Å². The molecule has 3 atom stereocenters. The van der Waals surface area contributed by atoms with Gasteiger partial charge in [-0.3, -0.25) is 4.90 Å². The molecule has 1 fully saturated rings. The molecule has 0 saturated carbocycles. The molecule has 2 aromatic rings. The van der Waals surface area contributed by atoms with E-state index in [2.05, 4.69) is 48.0 Å². The van der Waals surface area contributed by atoms with E-state index >= 15 is 0 Å². The molecule has 2 aliphatic rings. The highest BCUT2D eigenvalue weighted by Gasteiger charge is 2.41. The molecule has 1 aromatic heterocycles. The first-order valence-corrected chi connectivity index (χ1v) is 11.1. The van der Waals surface area contributed by atoms with Crippen LogP contribution in [0.25, 0.3) is 10.9 Å². The summed E-state index contributed by atoms with van der Waals surface area (Å²) in [5.41, 5.74) is 4.38. The maximum atomic E-state index is 9.25. The maximum absolute atomic E-state index is 9.25. The van der Waals surface area contributed by atoms with E-state index in [1.807, 2.05) is 11.8 Å². The topological polar surface area (TPSA) is 42.8 Å². The number of nitrogens with zero attached hydrogens (tertiary/aromatic N) is 2. The summed E-state index contributed by atoms with van der Waals surface area (Å²) < 4.78 is 0. The number of fused-ring (bicyclic) bond motifs is 2. The predicted molar refractivity (Wildman–Crippen MR) is 117 cm³/mol. The Kier molecular flexibility index (Phi) is 6.78. The number of likely N-dealkylation sites (tertiary alicyclic amines) is 1. The molecule has 3 nitrogen and oxygen atoms in total. The van der Waals surface area contributed by atoms with Crippen LogP contribution in [0.2, 0.25) is 0 Å². The first-order valence-electron chi connectivity index (χ1n) is 10.1. The van der Waals surface area contributed by atoms with Gasteiger partial charge in [-0.05, 0) is 61.1 Å². The number of rotatable bonds is 6. The van der Waals surface area contributed by atoms with Gasteiger partial charge in [0.1, 0.15) is 0 Å². The van der Waals surface area contributed by atoms with Gasteiger partial charge in [0.2, 0.25) is 0 Å². The Bertz CT molecular complexity index is 825. The molecule has 1 saturated heterocycles. The van der Waals surface area contributed by atoms with Crippen LogP contribution in [0.3, 0.4) is 0 Å². The van der Waals surface area contributed by atoms with Gasteiger partial charge in [0.25, 0.3) is 0 Å². The van der Waals surface area contributed by atoms with E-state index in [-0.39, 0.29) is 12.4 Å². The summed E-state index contributed by atoms with van der Waals surface area (Å²) in [6.07, 6.45) is 5.41. The largest absolute Gasteiger partial charge is 0.349 e. The summed E-state index contributed by atoms with van der Waals surface area (Å²) >= 11 is 1.99. The molecule has 4 rings (SSSR count). The van der Waals surface area contributed by atoms with Crippen molar-refractivity contribution in [3.8, 4) is 6.07 Å². The lowest BCUT2D eigenvalue weighted by Gasteiger charge is -2.47. The second-order valence-electron chi connectivity index (χ2n) is 7.89. The van der Waals surface area contributed by atoms with Crippen LogP contribution in [0.1, 0.15) is 56.6 Å². The number of thioether (sulfide) groups is 1. The zero-order valence-electron chi connectivity index (χ0n) is 16.3. The summed E-state index contributed by atoms with van der Waals surface area (Å²) in [6.45, 7) is 6.77. The number of aromatic amines is 1. The number of piperidine rings is 1. The van der Waals surface area contributed by atoms with Crippen molar-refractivity contribution in [1.29, 1.82) is 5.26 Å². The van der Waals surface area contributed by atoms with Crippen LogP contribution in [0.5, 0.6) is 0 Å². The third kappa shape index (κ3) is 3.75. The third-order valence-electron chi connectivity index (χ3n) is 6.09. The van der Waals surface area contributed by atoms with Crippen LogP contribution in [-0.2, 0) is 6.42 Å². The van der Waals surface area contributed by atoms with Crippen molar-refractivity contribution in [2.75, 3.05) is 18.8 Å². The number of nitrogens with one attached hydrogen (secondary N) is 1. The van der Waals surface area contributed by atoms with Crippen LogP contribution >= 0.6 is 24.2 Å². The number of halogens is 1. The van der Waals surface area contributed by atoms with Crippen molar-refractivity contribution in [2.45, 2.75) is 62.9 Å². The smallest absolute Gasteiger partial charge is 0.0765 e. The first kappa shape index (κ1) is 20.6. The van der Waals surface area contributed by atoms with Crippen molar-refractivity contribution in [3.63, 3.8) is 0 Å². The Hall–Kier alpha value is -1.15. The fourth-order valence-corrected chi connectivity index (χ4v) is 6.05. The van der Waals surface area contributed by atoms with Crippen molar-refractivity contribution >= 4 is 35.1 Å². The van der Waals surface area contributed by atoms with Crippen LogP contribution < -0.4 is 0 Å². The molecule has 1 N–H and O–H groups in total. The normalized spacial score (nSPS) is 24.3. The minimum atomic E-state index is 0. The molecule has 27 heavy (non-hydrogen) atoms. The van der Waals surface area contributed by atoms with Crippen LogP contribution in [0, 0.1) is 17.2 Å². The molecule has 5 heteroatoms. The molecule has 146 valence electrons. The zero-order chi connectivity index (χ0) is 18.1. The second kappa shape index (κ2) is 8.90. The van der Waals surface area contributed by atoms with Crippen molar-refractivity contribution < 1.29 is 0 Å². The number of benzene rings is 1. The standard InChI is InChI=1S/C22H29N3S.ClH/c1-3-10-25-14-15(8-9-23)12-17-16-6-5-7-19-21(16)18(13-20(17)25)22(24-19)26-11-4-2;/h5-7,15,17,20,24H,3-4,8,10-14H2,1-2H3;1H/t15?,17-,20-;/m0./s1. The summed E-state index contributed by atoms with van der Waals surface area (Å²) in [5, 5.41) is 12.1. The second-order valence-corrected chi connectivity index (χ2v) is 8.99. The molecule has 0 bridgehead atoms. The molecule has 2 heterocycles. The zero-order valence-corrected chi connectivity index (χ0v) is 18.0. The number of H-pyrrole nitrogens is 1. The van der Waals surface area contributed by atoms with Crippen LogP contribution in [0.15, 0.2) is 23.2 Å². The third-order valence-corrected chi connectivity index (χ3v) is 7.34. The van der Waals surface area contributed by atoms with E-state index in [1.54, 1.807) is 5.56 Å². The van der Waals surface area contributed by atoms with E-state index in [4.69, 9.17) is 0 Å². The molecule has 0 amide bonds. The van der Waals surface area contributed by atoms with E-state index in [0.29, 0.717) is 24.3 Å². The number of nitriles is 1. The lowest BCUT2D eigenvalue weighted by Crippen LogP contribution is -2.50. The Morgan fingerprint density at radius 1 is 1.30 bits per heavy atom. The van der Waals surface area contributed by atoms with E-state index in [0.717, 1.165) is 19.5 Å². The Labute approximate surface area is 173 Å². The molecular formula is C22H30ClN3S. The van der Waals surface area contributed by atoms with Crippen LogP contribution in [-0.4, -0.2) is 34.8 Å². The minimum Gasteiger partial charge on any atom is -0.349 e. The van der Waals surface area contributed by atoms with Gasteiger partial charge in [-0.25, -0.2) is 0 Å². The SMILES string of the molecule is CCCSc1[nH]c2cccc3c2c1C[C@H]1[C@H]3CC(CC#N)CN1CCC.Cl. The van der Waals surface area contributed by atoms with Gasteiger partial charge < -0.3 is 4.98 Å². The molecule has 0 radical (unpaired) electrons. The number of hydrogen-bond acceptors (Lipinski definition) is 3. The Morgan fingerprint density at radius 3 is 2.89 bits per heavy atom. The lowest BCUT2D eigenvalue weighted by atomic mass is 9.71. The highest BCUT2D eigenvalue weighted by atomic mass is 35.5. The van der Waals surface area contributed by atoms with Gasteiger partial charge in [0.05, 0.1) is 11.1 Å². The van der Waals surface area contributed by atoms with Gasteiger partial charge in [-0.1, -0.05) is 26.0 Å². The Morgan fingerprint density at radius 2 is 2.15 bits per heavy atom. The highest BCUT2D eigenvalue weighted by Crippen LogP contribution is 2.47. The van der Waals surface area contributed by atoms with Crippen molar-refractivity contribution in [3.05, 3.63) is 29.3 Å². The average molecular weight is 404 g/mol. The molecule has 0 spiro atoms. The maximum Gasteiger partial charge on any atom is 0.0765 e. The van der Waals surface area contributed by atoms with Crippen LogP contribution in [0.4, 0.5) is 0 Å². The van der Waals surface area contributed by atoms with Gasteiger partial charge in [-0.2, -0.15) is 5.26 Å². The fourth-order valence-electron chi connectivity index (χ4n) is 5.10. The monoisotopic (exact) mass is 403 g/mol. The summed E-state index contributed by atoms with van der Waals surface area (Å²) in [7, 11) is 0. The average Bonchev–Trinajstić information content (AvgIpc) is 3.00.